The van der Waals surface area contributed by atoms with Crippen LogP contribution < -0.4 is 5.32 Å². The summed E-state index contributed by atoms with van der Waals surface area (Å²) >= 11 is 0. The molecule has 2 atom stereocenters. The van der Waals surface area contributed by atoms with Crippen LogP contribution in [0.3, 0.4) is 0 Å². The average Bonchev–Trinajstić information content (AvgIpc) is 2.67. The SMILES string of the molecule is CCC1C(=O)NC(=O)CN1C(=O)CC1CCS(=O)(=O)C1. The molecule has 1 N–H and O–H groups in total. The normalized spacial score (nSPS) is 29.4. The lowest BCUT2D eigenvalue weighted by Gasteiger charge is -2.34. The Morgan fingerprint density at radius 3 is 2.65 bits per heavy atom. The zero-order valence-corrected chi connectivity index (χ0v) is 12.1. The molecule has 3 amide bonds. The molecule has 0 aromatic rings. The van der Waals surface area contributed by atoms with E-state index in [-0.39, 0.29) is 36.3 Å². The van der Waals surface area contributed by atoms with E-state index < -0.39 is 27.7 Å². The fourth-order valence-electron chi connectivity index (χ4n) is 2.73. The van der Waals surface area contributed by atoms with E-state index in [1.54, 1.807) is 6.92 Å². The van der Waals surface area contributed by atoms with Crippen molar-refractivity contribution in [1.82, 2.24) is 10.2 Å². The van der Waals surface area contributed by atoms with Gasteiger partial charge in [-0.25, -0.2) is 8.42 Å². The zero-order chi connectivity index (χ0) is 14.9. The summed E-state index contributed by atoms with van der Waals surface area (Å²) in [5, 5.41) is 2.20. The van der Waals surface area contributed by atoms with Crippen LogP contribution in [-0.2, 0) is 24.2 Å². The maximum atomic E-state index is 12.2. The van der Waals surface area contributed by atoms with Gasteiger partial charge in [0.25, 0.3) is 0 Å². The van der Waals surface area contributed by atoms with Gasteiger partial charge < -0.3 is 4.90 Å². The summed E-state index contributed by atoms with van der Waals surface area (Å²) in [5.41, 5.74) is 0. The van der Waals surface area contributed by atoms with Gasteiger partial charge in [-0.3, -0.25) is 19.7 Å². The van der Waals surface area contributed by atoms with Crippen LogP contribution in [0.1, 0.15) is 26.2 Å². The maximum Gasteiger partial charge on any atom is 0.249 e. The van der Waals surface area contributed by atoms with Crippen molar-refractivity contribution in [1.29, 1.82) is 0 Å². The number of piperazine rings is 1. The second kappa shape index (κ2) is 5.51. The highest BCUT2D eigenvalue weighted by Gasteiger charge is 2.37. The molecule has 20 heavy (non-hydrogen) atoms. The molecule has 0 aromatic heterocycles. The number of imide groups is 1. The van der Waals surface area contributed by atoms with Gasteiger partial charge in [-0.1, -0.05) is 6.92 Å². The molecule has 0 aliphatic carbocycles. The molecule has 0 saturated carbocycles. The van der Waals surface area contributed by atoms with Gasteiger partial charge in [0.15, 0.2) is 9.84 Å². The largest absolute Gasteiger partial charge is 0.321 e. The molecule has 2 saturated heterocycles. The molecule has 8 heteroatoms. The second-order valence-corrected chi connectivity index (χ2v) is 7.56. The molecule has 0 spiro atoms. The Morgan fingerprint density at radius 1 is 1.40 bits per heavy atom. The van der Waals surface area contributed by atoms with Crippen molar-refractivity contribution >= 4 is 27.6 Å². The number of carbonyl (C=O) groups excluding carboxylic acids is 3. The van der Waals surface area contributed by atoms with Gasteiger partial charge in [0.1, 0.15) is 12.6 Å². The van der Waals surface area contributed by atoms with Crippen molar-refractivity contribution in [2.45, 2.75) is 32.2 Å². The lowest BCUT2D eigenvalue weighted by molar-refractivity contribution is -0.150. The quantitative estimate of drug-likeness (QED) is 0.679. The van der Waals surface area contributed by atoms with E-state index in [0.717, 1.165) is 0 Å². The minimum atomic E-state index is -3.03. The van der Waals surface area contributed by atoms with Gasteiger partial charge in [-0.15, -0.1) is 0 Å². The number of nitrogens with zero attached hydrogens (tertiary/aromatic N) is 1. The van der Waals surface area contributed by atoms with Gasteiger partial charge in [0, 0.05) is 6.42 Å². The van der Waals surface area contributed by atoms with Crippen LogP contribution in [0.2, 0.25) is 0 Å². The summed E-state index contributed by atoms with van der Waals surface area (Å²) in [6.45, 7) is 1.63. The van der Waals surface area contributed by atoms with Gasteiger partial charge >= 0.3 is 0 Å². The molecule has 0 radical (unpaired) electrons. The fourth-order valence-corrected chi connectivity index (χ4v) is 4.59. The molecule has 2 aliphatic rings. The number of carbonyl (C=O) groups is 3. The van der Waals surface area contributed by atoms with Crippen LogP contribution in [0.4, 0.5) is 0 Å². The van der Waals surface area contributed by atoms with Crippen LogP contribution in [0, 0.1) is 5.92 Å². The molecular formula is C12H18N2O5S. The molecule has 2 rings (SSSR count). The Labute approximate surface area is 117 Å². The summed E-state index contributed by atoms with van der Waals surface area (Å²) in [6, 6.07) is -0.641. The smallest absolute Gasteiger partial charge is 0.249 e. The molecule has 112 valence electrons. The van der Waals surface area contributed by atoms with E-state index >= 15 is 0 Å². The van der Waals surface area contributed by atoms with Gasteiger partial charge in [0.05, 0.1) is 11.5 Å². The molecule has 2 heterocycles. The van der Waals surface area contributed by atoms with Gasteiger partial charge in [-0.2, -0.15) is 0 Å². The first-order chi connectivity index (χ1) is 9.32. The number of sulfone groups is 1. The standard InChI is InChI=1S/C12H18N2O5S/c1-2-9-12(17)13-10(15)6-14(9)11(16)5-8-3-4-20(18,19)7-8/h8-9H,2-7H2,1H3,(H,13,15,17). The number of hydrogen-bond acceptors (Lipinski definition) is 5. The van der Waals surface area contributed by atoms with Crippen molar-refractivity contribution < 1.29 is 22.8 Å². The summed E-state index contributed by atoms with van der Waals surface area (Å²) in [5.74, 6) is -1.35. The van der Waals surface area contributed by atoms with E-state index in [0.29, 0.717) is 12.8 Å². The molecule has 0 bridgehead atoms. The lowest BCUT2D eigenvalue weighted by atomic mass is 10.0. The summed E-state index contributed by atoms with van der Waals surface area (Å²) in [4.78, 5) is 36.5. The molecule has 2 aliphatic heterocycles. The summed E-state index contributed by atoms with van der Waals surface area (Å²) in [6.07, 6.45) is 0.975. The number of nitrogens with one attached hydrogen (secondary N) is 1. The van der Waals surface area contributed by atoms with E-state index in [2.05, 4.69) is 5.32 Å². The first-order valence-corrected chi connectivity index (χ1v) is 8.48. The third-order valence-corrected chi connectivity index (χ3v) is 5.59. The van der Waals surface area contributed by atoms with E-state index in [1.165, 1.54) is 4.90 Å². The summed E-state index contributed by atoms with van der Waals surface area (Å²) in [7, 11) is -3.03. The van der Waals surface area contributed by atoms with Gasteiger partial charge in [-0.05, 0) is 18.8 Å². The number of amides is 3. The van der Waals surface area contributed by atoms with Crippen molar-refractivity contribution in [3.8, 4) is 0 Å². The first kappa shape index (κ1) is 15.0. The lowest BCUT2D eigenvalue weighted by Crippen LogP contribution is -2.59. The molecular weight excluding hydrogens is 284 g/mol. The van der Waals surface area contributed by atoms with E-state index in [1.807, 2.05) is 0 Å². The van der Waals surface area contributed by atoms with Crippen LogP contribution in [0.5, 0.6) is 0 Å². The minimum Gasteiger partial charge on any atom is -0.321 e. The molecule has 0 aromatic carbocycles. The summed E-state index contributed by atoms with van der Waals surface area (Å²) < 4.78 is 22.8. The Balaban J connectivity index is 2.03. The highest BCUT2D eigenvalue weighted by atomic mass is 32.2. The monoisotopic (exact) mass is 302 g/mol. The highest BCUT2D eigenvalue weighted by Crippen LogP contribution is 2.23. The van der Waals surface area contributed by atoms with Crippen LogP contribution in [0.15, 0.2) is 0 Å². The topological polar surface area (TPSA) is 101 Å². The zero-order valence-electron chi connectivity index (χ0n) is 11.3. The van der Waals surface area contributed by atoms with E-state index in [4.69, 9.17) is 0 Å². The third kappa shape index (κ3) is 3.17. The minimum absolute atomic E-state index is 0.0174. The molecule has 2 fully saturated rings. The predicted molar refractivity (Wildman–Crippen MR) is 70.3 cm³/mol. The van der Waals surface area contributed by atoms with Crippen LogP contribution in [-0.4, -0.2) is 55.1 Å². The van der Waals surface area contributed by atoms with Crippen molar-refractivity contribution in [2.75, 3.05) is 18.1 Å². The molecule has 7 nitrogen and oxygen atoms in total. The number of hydrogen-bond donors (Lipinski definition) is 1. The average molecular weight is 302 g/mol. The fraction of sp³-hybridized carbons (Fsp3) is 0.750. The van der Waals surface area contributed by atoms with Crippen molar-refractivity contribution in [2.24, 2.45) is 5.92 Å². The van der Waals surface area contributed by atoms with Crippen LogP contribution >= 0.6 is 0 Å². The Morgan fingerprint density at radius 2 is 2.10 bits per heavy atom. The second-order valence-electron chi connectivity index (χ2n) is 5.33. The Kier molecular flexibility index (Phi) is 4.12. The Bertz CT molecular complexity index is 542. The van der Waals surface area contributed by atoms with Crippen molar-refractivity contribution in [3.63, 3.8) is 0 Å². The molecule has 2 unspecified atom stereocenters. The number of rotatable bonds is 3. The first-order valence-electron chi connectivity index (χ1n) is 6.66. The Hall–Kier alpha value is -1.44. The predicted octanol–water partition coefficient (Wildman–Crippen LogP) is -0.925. The third-order valence-electron chi connectivity index (χ3n) is 3.75. The maximum absolute atomic E-state index is 12.2. The highest BCUT2D eigenvalue weighted by molar-refractivity contribution is 7.91. The van der Waals surface area contributed by atoms with Gasteiger partial charge in [0.2, 0.25) is 17.7 Å². The van der Waals surface area contributed by atoms with Crippen LogP contribution in [0.25, 0.3) is 0 Å². The van der Waals surface area contributed by atoms with Crippen molar-refractivity contribution in [3.05, 3.63) is 0 Å². The van der Waals surface area contributed by atoms with E-state index in [9.17, 15) is 22.8 Å².